The van der Waals surface area contributed by atoms with Crippen molar-refractivity contribution in [3.8, 4) is 0 Å². The van der Waals surface area contributed by atoms with Gasteiger partial charge in [0.15, 0.2) is 0 Å². The van der Waals surface area contributed by atoms with Gasteiger partial charge in [-0.25, -0.2) is 0 Å². The number of rotatable bonds is 1. The normalized spacial score (nSPS) is 34.8. The van der Waals surface area contributed by atoms with E-state index in [1.54, 1.807) is 0 Å². The Kier molecular flexibility index (Phi) is 1.91. The van der Waals surface area contributed by atoms with Crippen molar-refractivity contribution in [2.75, 3.05) is 0 Å². The fourth-order valence-corrected chi connectivity index (χ4v) is 2.07. The van der Waals surface area contributed by atoms with Crippen LogP contribution < -0.4 is 0 Å². The molecule has 0 aromatic carbocycles. The molecular formula is C8H11IN2O. The van der Waals surface area contributed by atoms with Gasteiger partial charge in [0.2, 0.25) is 0 Å². The zero-order chi connectivity index (χ0) is 8.77. The number of aliphatic hydroxyl groups is 1. The molecule has 0 amide bonds. The van der Waals surface area contributed by atoms with Crippen LogP contribution in [-0.2, 0) is 0 Å². The summed E-state index contributed by atoms with van der Waals surface area (Å²) < 4.78 is 3.10. The fourth-order valence-electron chi connectivity index (χ4n) is 1.66. The molecule has 66 valence electrons. The summed E-state index contributed by atoms with van der Waals surface area (Å²) in [5, 5.41) is 13.7. The average Bonchev–Trinajstić information content (AvgIpc) is 2.30. The van der Waals surface area contributed by atoms with Gasteiger partial charge in [-0.2, -0.15) is 5.10 Å². The number of nitrogens with zero attached hydrogens (tertiary/aromatic N) is 2. The second-order valence-electron chi connectivity index (χ2n) is 3.70. The molecule has 0 unspecified atom stereocenters. The van der Waals surface area contributed by atoms with Gasteiger partial charge in [-0.15, -0.1) is 0 Å². The molecule has 4 heteroatoms. The molecule has 1 fully saturated rings. The largest absolute Gasteiger partial charge is 0.390 e. The van der Waals surface area contributed by atoms with Crippen LogP contribution in [0.2, 0.25) is 0 Å². The van der Waals surface area contributed by atoms with E-state index in [0.717, 1.165) is 16.4 Å². The molecule has 1 N–H and O–H groups in total. The summed E-state index contributed by atoms with van der Waals surface area (Å²) >= 11 is 2.24. The minimum Gasteiger partial charge on any atom is -0.390 e. The van der Waals surface area contributed by atoms with Crippen LogP contribution in [0.1, 0.15) is 25.8 Å². The van der Waals surface area contributed by atoms with E-state index in [4.69, 9.17) is 0 Å². The highest BCUT2D eigenvalue weighted by atomic mass is 127. The van der Waals surface area contributed by atoms with Gasteiger partial charge in [-0.3, -0.25) is 4.68 Å². The average molecular weight is 278 g/mol. The van der Waals surface area contributed by atoms with Crippen molar-refractivity contribution in [2.45, 2.75) is 31.4 Å². The molecule has 0 saturated heterocycles. The zero-order valence-corrected chi connectivity index (χ0v) is 9.02. The fraction of sp³-hybridized carbons (Fsp3) is 0.625. The molecule has 0 atom stereocenters. The maximum absolute atomic E-state index is 9.51. The molecule has 1 aliphatic rings. The molecule has 1 aromatic rings. The smallest absolute Gasteiger partial charge is 0.0660 e. The van der Waals surface area contributed by atoms with Crippen LogP contribution in [0.4, 0.5) is 0 Å². The molecule has 0 radical (unpaired) electrons. The second kappa shape index (κ2) is 2.70. The van der Waals surface area contributed by atoms with Gasteiger partial charge in [-0.1, -0.05) is 0 Å². The van der Waals surface area contributed by atoms with Crippen molar-refractivity contribution in [3.63, 3.8) is 0 Å². The van der Waals surface area contributed by atoms with E-state index in [1.165, 1.54) is 0 Å². The van der Waals surface area contributed by atoms with Gasteiger partial charge in [0.05, 0.1) is 21.4 Å². The Morgan fingerprint density at radius 3 is 2.83 bits per heavy atom. The highest BCUT2D eigenvalue weighted by Crippen LogP contribution is 2.40. The van der Waals surface area contributed by atoms with Gasteiger partial charge in [0.1, 0.15) is 0 Å². The first-order chi connectivity index (χ1) is 5.57. The zero-order valence-electron chi connectivity index (χ0n) is 6.87. The molecule has 1 saturated carbocycles. The van der Waals surface area contributed by atoms with Crippen LogP contribution >= 0.6 is 22.6 Å². The summed E-state index contributed by atoms with van der Waals surface area (Å²) in [4.78, 5) is 0. The van der Waals surface area contributed by atoms with E-state index in [1.807, 2.05) is 24.0 Å². The monoisotopic (exact) mass is 278 g/mol. The number of halogens is 1. The van der Waals surface area contributed by atoms with Crippen LogP contribution in [0, 0.1) is 3.57 Å². The van der Waals surface area contributed by atoms with Crippen molar-refractivity contribution in [3.05, 3.63) is 16.0 Å². The Hall–Kier alpha value is -0.100. The first kappa shape index (κ1) is 8.50. The molecule has 2 rings (SSSR count). The minimum atomic E-state index is -0.456. The summed E-state index contributed by atoms with van der Waals surface area (Å²) in [7, 11) is 0. The lowest BCUT2D eigenvalue weighted by molar-refractivity contribution is -0.0543. The summed E-state index contributed by atoms with van der Waals surface area (Å²) in [5.41, 5.74) is -0.456. The highest BCUT2D eigenvalue weighted by Gasteiger charge is 2.39. The predicted molar refractivity (Wildman–Crippen MR) is 53.8 cm³/mol. The van der Waals surface area contributed by atoms with Gasteiger partial charge < -0.3 is 5.11 Å². The van der Waals surface area contributed by atoms with Crippen LogP contribution in [0.15, 0.2) is 12.4 Å². The molecule has 1 aromatic heterocycles. The predicted octanol–water partition coefficient (Wildman–Crippen LogP) is 1.57. The highest BCUT2D eigenvalue weighted by molar-refractivity contribution is 14.1. The first-order valence-corrected chi connectivity index (χ1v) is 5.07. The van der Waals surface area contributed by atoms with Gasteiger partial charge in [0, 0.05) is 6.20 Å². The number of hydrogen-bond acceptors (Lipinski definition) is 2. The Morgan fingerprint density at radius 2 is 2.42 bits per heavy atom. The van der Waals surface area contributed by atoms with Crippen molar-refractivity contribution >= 4 is 22.6 Å². The lowest BCUT2D eigenvalue weighted by Gasteiger charge is -2.40. The standard InChI is InChI=1S/C8H11IN2O/c1-8(12)2-7(3-8)11-5-6(9)4-10-11/h4-5,7,12H,2-3H2,1H3. The second-order valence-corrected chi connectivity index (χ2v) is 4.94. The Morgan fingerprint density at radius 1 is 1.75 bits per heavy atom. The molecular weight excluding hydrogens is 267 g/mol. The Labute approximate surface area is 84.9 Å². The molecule has 12 heavy (non-hydrogen) atoms. The van der Waals surface area contributed by atoms with Crippen LogP contribution in [0.25, 0.3) is 0 Å². The van der Waals surface area contributed by atoms with Crippen LogP contribution in [0.5, 0.6) is 0 Å². The van der Waals surface area contributed by atoms with Gasteiger partial charge >= 0.3 is 0 Å². The Balaban J connectivity index is 2.06. The lowest BCUT2D eigenvalue weighted by Crippen LogP contribution is -2.42. The van der Waals surface area contributed by atoms with E-state index >= 15 is 0 Å². The number of hydrogen-bond donors (Lipinski definition) is 1. The third kappa shape index (κ3) is 1.50. The summed E-state index contributed by atoms with van der Waals surface area (Å²) in [6, 6.07) is 0.406. The Bertz CT molecular complexity index is 287. The first-order valence-electron chi connectivity index (χ1n) is 3.99. The molecule has 0 spiro atoms. The minimum absolute atomic E-state index is 0.406. The van der Waals surface area contributed by atoms with Gasteiger partial charge in [0.25, 0.3) is 0 Å². The molecule has 3 nitrogen and oxygen atoms in total. The van der Waals surface area contributed by atoms with E-state index in [2.05, 4.69) is 27.7 Å². The van der Waals surface area contributed by atoms with E-state index in [-0.39, 0.29) is 0 Å². The van der Waals surface area contributed by atoms with E-state index in [0.29, 0.717) is 6.04 Å². The molecule has 1 aliphatic carbocycles. The summed E-state index contributed by atoms with van der Waals surface area (Å²) in [5.74, 6) is 0. The van der Waals surface area contributed by atoms with Crippen LogP contribution in [-0.4, -0.2) is 20.5 Å². The third-order valence-electron chi connectivity index (χ3n) is 2.29. The maximum atomic E-state index is 9.51. The summed E-state index contributed by atoms with van der Waals surface area (Å²) in [6.07, 6.45) is 5.50. The van der Waals surface area contributed by atoms with E-state index < -0.39 is 5.60 Å². The third-order valence-corrected chi connectivity index (χ3v) is 2.85. The molecule has 0 aliphatic heterocycles. The summed E-state index contributed by atoms with van der Waals surface area (Å²) in [6.45, 7) is 1.87. The van der Waals surface area contributed by atoms with E-state index in [9.17, 15) is 5.11 Å². The topological polar surface area (TPSA) is 38.0 Å². The van der Waals surface area contributed by atoms with Crippen molar-refractivity contribution in [2.24, 2.45) is 0 Å². The van der Waals surface area contributed by atoms with Crippen molar-refractivity contribution < 1.29 is 5.11 Å². The number of aromatic nitrogens is 2. The maximum Gasteiger partial charge on any atom is 0.0660 e. The van der Waals surface area contributed by atoms with Gasteiger partial charge in [-0.05, 0) is 42.4 Å². The van der Waals surface area contributed by atoms with Crippen LogP contribution in [0.3, 0.4) is 0 Å². The van der Waals surface area contributed by atoms with Crippen molar-refractivity contribution in [1.29, 1.82) is 0 Å². The quantitative estimate of drug-likeness (QED) is 0.792. The molecule has 0 bridgehead atoms. The lowest BCUT2D eigenvalue weighted by atomic mass is 9.77. The molecule has 1 heterocycles. The van der Waals surface area contributed by atoms with Crippen molar-refractivity contribution in [1.82, 2.24) is 9.78 Å². The SMILES string of the molecule is CC1(O)CC(n2cc(I)cn2)C1.